The van der Waals surface area contributed by atoms with Crippen molar-refractivity contribution in [2.75, 3.05) is 18.8 Å². The Bertz CT molecular complexity index is 858. The molecule has 0 spiro atoms. The van der Waals surface area contributed by atoms with Crippen molar-refractivity contribution in [3.63, 3.8) is 0 Å². The molecule has 9 heteroatoms. The number of hydrogen-bond acceptors (Lipinski definition) is 7. The van der Waals surface area contributed by atoms with Crippen LogP contribution in [-0.4, -0.2) is 32.2 Å². The Hall–Kier alpha value is -1.66. The van der Waals surface area contributed by atoms with Gasteiger partial charge in [0.1, 0.15) is 10.8 Å². The molecule has 0 aliphatic heterocycles. The Balaban J connectivity index is 1.95. The number of benzene rings is 1. The summed E-state index contributed by atoms with van der Waals surface area (Å²) in [5.41, 5.74) is 0. The third-order valence-corrected chi connectivity index (χ3v) is 6.73. The van der Waals surface area contributed by atoms with Gasteiger partial charge in [0.25, 0.3) is 0 Å². The summed E-state index contributed by atoms with van der Waals surface area (Å²) in [6, 6.07) is 6.02. The Morgan fingerprint density at radius 1 is 1.35 bits per heavy atom. The van der Waals surface area contributed by atoms with E-state index in [0.29, 0.717) is 17.4 Å². The van der Waals surface area contributed by atoms with Crippen LogP contribution < -0.4 is 10.6 Å². The van der Waals surface area contributed by atoms with E-state index in [-0.39, 0.29) is 11.4 Å². The number of hydrogen-bond donors (Lipinski definition) is 2. The zero-order chi connectivity index (χ0) is 18.8. The largest absolute Gasteiger partial charge is 0.370 e. The molecular formula is C17H18ClN3O2S3. The van der Waals surface area contributed by atoms with Crippen LogP contribution in [0.2, 0.25) is 5.02 Å². The first kappa shape index (κ1) is 20.6. The molecule has 1 aromatic heterocycles. The molecule has 5 nitrogen and oxygen atoms in total. The predicted octanol–water partition coefficient (Wildman–Crippen LogP) is 3.11. The van der Waals surface area contributed by atoms with Gasteiger partial charge < -0.3 is 10.6 Å². The predicted molar refractivity (Wildman–Crippen MR) is 110 cm³/mol. The van der Waals surface area contributed by atoms with Gasteiger partial charge in [0.15, 0.2) is 0 Å². The minimum atomic E-state index is -3.61. The Morgan fingerprint density at radius 2 is 2.12 bits per heavy atom. The van der Waals surface area contributed by atoms with Crippen molar-refractivity contribution in [1.29, 1.82) is 0 Å². The first-order chi connectivity index (χ1) is 12.5. The van der Waals surface area contributed by atoms with Gasteiger partial charge >= 0.3 is 0 Å². The molecule has 2 aromatic rings. The molecule has 1 heterocycles. The van der Waals surface area contributed by atoms with Gasteiger partial charge in [-0.05, 0) is 24.3 Å². The number of nitrogens with zero attached hydrogens (tertiary/aromatic N) is 1. The summed E-state index contributed by atoms with van der Waals surface area (Å²) >= 11 is 9.14. The fourth-order valence-corrected chi connectivity index (χ4v) is 4.70. The van der Waals surface area contributed by atoms with Crippen molar-refractivity contribution in [3.8, 4) is 12.3 Å². The maximum atomic E-state index is 12.5. The van der Waals surface area contributed by atoms with E-state index in [1.807, 2.05) is 5.38 Å². The van der Waals surface area contributed by atoms with Gasteiger partial charge in [0.2, 0.25) is 9.84 Å². The van der Waals surface area contributed by atoms with Gasteiger partial charge in [-0.1, -0.05) is 17.5 Å². The van der Waals surface area contributed by atoms with E-state index < -0.39 is 9.84 Å². The molecule has 0 saturated carbocycles. The summed E-state index contributed by atoms with van der Waals surface area (Å²) in [4.78, 5) is 4.39. The summed E-state index contributed by atoms with van der Waals surface area (Å²) in [5, 5.41) is 10.6. The molecule has 2 N–H and O–H groups in total. The fraction of sp³-hybridized carbons (Fsp3) is 0.235. The summed E-state index contributed by atoms with van der Waals surface area (Å²) < 4.78 is 25.0. The summed E-state index contributed by atoms with van der Waals surface area (Å²) in [6.07, 6.45) is 7.04. The third kappa shape index (κ3) is 6.92. The van der Waals surface area contributed by atoms with Crippen molar-refractivity contribution in [3.05, 3.63) is 57.1 Å². The SMILES string of the molecule is C#CCNC(=CS(=O)(=O)c1ccc(Cl)cc1)NCCSCc1nccs1. The molecule has 26 heavy (non-hydrogen) atoms. The molecule has 2 rings (SSSR count). The average Bonchev–Trinajstić information content (AvgIpc) is 3.12. The quantitative estimate of drug-likeness (QED) is 0.448. The second-order valence-electron chi connectivity index (χ2n) is 4.99. The number of terminal acetylenes is 1. The zero-order valence-electron chi connectivity index (χ0n) is 13.8. The van der Waals surface area contributed by atoms with E-state index in [1.54, 1.807) is 41.4 Å². The highest BCUT2D eigenvalue weighted by Gasteiger charge is 2.13. The highest BCUT2D eigenvalue weighted by Crippen LogP contribution is 2.17. The van der Waals surface area contributed by atoms with Crippen molar-refractivity contribution in [1.82, 2.24) is 15.6 Å². The minimum Gasteiger partial charge on any atom is -0.370 e. The second kappa shape index (κ2) is 10.5. The number of sulfone groups is 1. The standard InChI is InChI=1S/C17H18ClN3O2S3/c1-2-7-19-16(20-8-10-24-12-17-21-9-11-25-17)13-26(22,23)15-5-3-14(18)4-6-15/h1,3-6,9,11,13,19-20H,7-8,10,12H2. The van der Waals surface area contributed by atoms with Gasteiger partial charge in [-0.15, -0.1) is 17.8 Å². The van der Waals surface area contributed by atoms with Crippen molar-refractivity contribution in [2.45, 2.75) is 10.6 Å². The minimum absolute atomic E-state index is 0.168. The van der Waals surface area contributed by atoms with E-state index in [2.05, 4.69) is 21.5 Å². The number of rotatable bonds is 10. The van der Waals surface area contributed by atoms with Gasteiger partial charge in [0, 0.05) is 34.7 Å². The van der Waals surface area contributed by atoms with Gasteiger partial charge in [-0.3, -0.25) is 0 Å². The van der Waals surface area contributed by atoms with Gasteiger partial charge in [-0.2, -0.15) is 11.8 Å². The van der Waals surface area contributed by atoms with Crippen molar-refractivity contribution >= 4 is 44.5 Å². The first-order valence-corrected chi connectivity index (χ1v) is 11.6. The molecule has 0 bridgehead atoms. The Morgan fingerprint density at radius 3 is 2.77 bits per heavy atom. The number of thiazole rings is 1. The number of thioether (sulfide) groups is 1. The van der Waals surface area contributed by atoms with Gasteiger partial charge in [0.05, 0.1) is 16.8 Å². The van der Waals surface area contributed by atoms with Crippen molar-refractivity contribution < 1.29 is 8.42 Å². The second-order valence-corrected chi connectivity index (χ2v) is 9.31. The van der Waals surface area contributed by atoms with Crippen LogP contribution in [0.5, 0.6) is 0 Å². The van der Waals surface area contributed by atoms with Gasteiger partial charge in [-0.25, -0.2) is 13.4 Å². The van der Waals surface area contributed by atoms with Crippen LogP contribution in [0, 0.1) is 12.3 Å². The lowest BCUT2D eigenvalue weighted by atomic mass is 10.4. The Kier molecular flexibility index (Phi) is 8.32. The van der Waals surface area contributed by atoms with Crippen molar-refractivity contribution in [2.24, 2.45) is 0 Å². The lowest BCUT2D eigenvalue weighted by Gasteiger charge is -2.12. The molecule has 0 aliphatic rings. The average molecular weight is 428 g/mol. The monoisotopic (exact) mass is 427 g/mol. The summed E-state index contributed by atoms with van der Waals surface area (Å²) in [5.74, 6) is 4.44. The molecule has 138 valence electrons. The number of halogens is 1. The third-order valence-electron chi connectivity index (χ3n) is 3.07. The maximum absolute atomic E-state index is 12.5. The van der Waals surface area contributed by atoms with E-state index >= 15 is 0 Å². The molecule has 0 aliphatic carbocycles. The molecule has 0 atom stereocenters. The topological polar surface area (TPSA) is 71.1 Å². The molecule has 1 aromatic carbocycles. The number of aromatic nitrogens is 1. The fourth-order valence-electron chi connectivity index (χ4n) is 1.88. The van der Waals surface area contributed by atoms with E-state index in [4.69, 9.17) is 18.0 Å². The summed E-state index contributed by atoms with van der Waals surface area (Å²) in [7, 11) is -3.61. The van der Waals surface area contributed by atoms with E-state index in [1.165, 1.54) is 12.1 Å². The lowest BCUT2D eigenvalue weighted by Crippen LogP contribution is -2.29. The van der Waals surface area contributed by atoms with Crippen LogP contribution in [-0.2, 0) is 15.6 Å². The molecule has 0 radical (unpaired) electrons. The van der Waals surface area contributed by atoms with Crippen LogP contribution in [0.3, 0.4) is 0 Å². The molecule has 0 unspecified atom stereocenters. The normalized spacial score (nSPS) is 11.8. The van der Waals surface area contributed by atoms with Crippen LogP contribution in [0.15, 0.2) is 52.0 Å². The summed E-state index contributed by atoms with van der Waals surface area (Å²) in [6.45, 7) is 0.816. The molecular weight excluding hydrogens is 410 g/mol. The highest BCUT2D eigenvalue weighted by atomic mass is 35.5. The van der Waals surface area contributed by atoms with E-state index in [9.17, 15) is 8.42 Å². The first-order valence-electron chi connectivity index (χ1n) is 7.61. The molecule has 0 fully saturated rings. The Labute approximate surface area is 167 Å². The number of nitrogens with one attached hydrogen (secondary N) is 2. The highest BCUT2D eigenvalue weighted by molar-refractivity contribution is 7.98. The molecule has 0 saturated heterocycles. The smallest absolute Gasteiger partial charge is 0.203 e. The van der Waals surface area contributed by atoms with Crippen LogP contribution in [0.1, 0.15) is 5.01 Å². The van der Waals surface area contributed by atoms with Crippen LogP contribution >= 0.6 is 34.7 Å². The maximum Gasteiger partial charge on any atom is 0.203 e. The zero-order valence-corrected chi connectivity index (χ0v) is 17.0. The van der Waals surface area contributed by atoms with Crippen LogP contribution in [0.4, 0.5) is 0 Å². The molecule has 0 amide bonds. The van der Waals surface area contributed by atoms with Crippen LogP contribution in [0.25, 0.3) is 0 Å². The lowest BCUT2D eigenvalue weighted by molar-refractivity contribution is 0.603. The van der Waals surface area contributed by atoms with E-state index in [0.717, 1.165) is 21.9 Å².